The number of thioether (sulfide) groups is 1. The second-order valence-corrected chi connectivity index (χ2v) is 6.80. The van der Waals surface area contributed by atoms with Gasteiger partial charge in [-0.3, -0.25) is 29.0 Å². The minimum atomic E-state index is -0.474. The maximum Gasteiger partial charge on any atom is 0.262 e. The summed E-state index contributed by atoms with van der Waals surface area (Å²) in [5, 5.41) is 2.60. The number of fused-ring (bicyclic) bond motifs is 1. The fourth-order valence-electron chi connectivity index (χ4n) is 2.49. The molecule has 0 atom stereocenters. The molecule has 24 heavy (non-hydrogen) atoms. The number of rotatable bonds is 5. The molecule has 0 aliphatic carbocycles. The first-order valence-corrected chi connectivity index (χ1v) is 8.57. The Morgan fingerprint density at radius 1 is 1.12 bits per heavy atom. The summed E-state index contributed by atoms with van der Waals surface area (Å²) in [5.41, 5.74) is 0.612. The van der Waals surface area contributed by atoms with Crippen LogP contribution in [0, 0.1) is 0 Å². The monoisotopic (exact) mass is 363 g/mol. The summed E-state index contributed by atoms with van der Waals surface area (Å²) in [6.45, 7) is 0.131. The molecule has 1 fully saturated rings. The largest absolute Gasteiger partial charge is 0.353 e. The molecular formula is C15H13N3O4S2. The van der Waals surface area contributed by atoms with Crippen molar-refractivity contribution in [1.82, 2.24) is 15.1 Å². The molecule has 1 aromatic rings. The molecule has 2 aliphatic rings. The Hall–Kier alpha value is -2.26. The first-order valence-electron chi connectivity index (χ1n) is 7.18. The number of hydrogen-bond acceptors (Lipinski definition) is 6. The van der Waals surface area contributed by atoms with E-state index < -0.39 is 17.7 Å². The molecule has 0 radical (unpaired) electrons. The number of carbonyl (C=O) groups excluding carboxylic acids is 4. The van der Waals surface area contributed by atoms with Gasteiger partial charge in [0.05, 0.1) is 16.9 Å². The molecule has 1 N–H and O–H groups in total. The average Bonchev–Trinajstić information content (AvgIpc) is 3.01. The van der Waals surface area contributed by atoms with Crippen molar-refractivity contribution in [1.29, 1.82) is 0 Å². The number of carbonyl (C=O) groups is 4. The van der Waals surface area contributed by atoms with Gasteiger partial charge in [0.1, 0.15) is 10.9 Å². The Morgan fingerprint density at radius 3 is 2.29 bits per heavy atom. The zero-order valence-electron chi connectivity index (χ0n) is 12.5. The molecule has 1 aromatic carbocycles. The van der Waals surface area contributed by atoms with Gasteiger partial charge in [-0.15, -0.1) is 0 Å². The Kier molecular flexibility index (Phi) is 4.63. The van der Waals surface area contributed by atoms with Crippen LogP contribution in [0.1, 0.15) is 20.7 Å². The summed E-state index contributed by atoms with van der Waals surface area (Å²) in [4.78, 5) is 50.2. The van der Waals surface area contributed by atoms with Crippen LogP contribution in [0.25, 0.3) is 0 Å². The lowest BCUT2D eigenvalue weighted by Crippen LogP contribution is -2.43. The summed E-state index contributed by atoms with van der Waals surface area (Å²) >= 11 is 6.33. The Labute approximate surface area is 147 Å². The molecule has 4 amide bonds. The van der Waals surface area contributed by atoms with Gasteiger partial charge in [0.2, 0.25) is 11.8 Å². The van der Waals surface area contributed by atoms with Crippen LogP contribution in [-0.2, 0) is 9.59 Å². The van der Waals surface area contributed by atoms with Crippen molar-refractivity contribution >= 4 is 51.9 Å². The third-order valence-electron chi connectivity index (χ3n) is 3.68. The number of hydrogen-bond donors (Lipinski definition) is 1. The first-order chi connectivity index (χ1) is 11.5. The van der Waals surface area contributed by atoms with Crippen molar-refractivity contribution < 1.29 is 19.2 Å². The molecule has 7 nitrogen and oxygen atoms in total. The molecule has 9 heteroatoms. The molecule has 0 saturated carbocycles. The number of nitrogens with zero attached hydrogens (tertiary/aromatic N) is 2. The maximum absolute atomic E-state index is 12.2. The molecule has 0 aromatic heterocycles. The van der Waals surface area contributed by atoms with Crippen LogP contribution in [0.2, 0.25) is 0 Å². The van der Waals surface area contributed by atoms with Gasteiger partial charge in [0, 0.05) is 13.1 Å². The molecule has 0 bridgehead atoms. The first kappa shape index (κ1) is 16.6. The quantitative estimate of drug-likeness (QED) is 0.597. The van der Waals surface area contributed by atoms with E-state index >= 15 is 0 Å². The predicted molar refractivity (Wildman–Crippen MR) is 91.6 cm³/mol. The van der Waals surface area contributed by atoms with E-state index in [-0.39, 0.29) is 25.5 Å². The fraction of sp³-hybridized carbons (Fsp3) is 0.267. The zero-order valence-corrected chi connectivity index (χ0v) is 14.1. The predicted octanol–water partition coefficient (Wildman–Crippen LogP) is 0.259. The van der Waals surface area contributed by atoms with Crippen LogP contribution in [0.4, 0.5) is 0 Å². The smallest absolute Gasteiger partial charge is 0.262 e. The van der Waals surface area contributed by atoms with Gasteiger partial charge in [-0.1, -0.05) is 36.1 Å². The molecule has 124 valence electrons. The van der Waals surface area contributed by atoms with Crippen LogP contribution < -0.4 is 5.32 Å². The van der Waals surface area contributed by atoms with Crippen LogP contribution in [0.15, 0.2) is 24.3 Å². The second kappa shape index (κ2) is 6.70. The van der Waals surface area contributed by atoms with Gasteiger partial charge in [-0.2, -0.15) is 0 Å². The number of thiocarbonyl (C=S) groups is 1. The van der Waals surface area contributed by atoms with Crippen LogP contribution in [0.3, 0.4) is 0 Å². The Bertz CT molecular complexity index is 714. The highest BCUT2D eigenvalue weighted by molar-refractivity contribution is 8.23. The van der Waals surface area contributed by atoms with E-state index in [0.29, 0.717) is 21.2 Å². The second-order valence-electron chi connectivity index (χ2n) is 5.19. The number of amides is 4. The summed E-state index contributed by atoms with van der Waals surface area (Å²) < 4.78 is 0.495. The summed E-state index contributed by atoms with van der Waals surface area (Å²) in [5.74, 6) is -1.17. The molecular weight excluding hydrogens is 350 g/mol. The summed E-state index contributed by atoms with van der Waals surface area (Å²) in [6.07, 6.45) is 0. The lowest BCUT2D eigenvalue weighted by molar-refractivity contribution is -0.125. The zero-order chi connectivity index (χ0) is 17.3. The van der Waals surface area contributed by atoms with Gasteiger partial charge in [-0.25, -0.2) is 0 Å². The third-order valence-corrected chi connectivity index (χ3v) is 5.11. The van der Waals surface area contributed by atoms with E-state index in [4.69, 9.17) is 12.2 Å². The van der Waals surface area contributed by atoms with Crippen molar-refractivity contribution in [2.45, 2.75) is 0 Å². The van der Waals surface area contributed by atoms with E-state index in [9.17, 15) is 19.2 Å². The van der Waals surface area contributed by atoms with E-state index in [1.807, 2.05) is 0 Å². The average molecular weight is 363 g/mol. The highest BCUT2D eigenvalue weighted by Gasteiger charge is 2.36. The van der Waals surface area contributed by atoms with Crippen LogP contribution >= 0.6 is 24.0 Å². The Morgan fingerprint density at radius 2 is 1.75 bits per heavy atom. The molecule has 2 aliphatic heterocycles. The van der Waals surface area contributed by atoms with E-state index in [1.165, 1.54) is 16.7 Å². The normalized spacial score (nSPS) is 16.8. The number of imide groups is 1. The third kappa shape index (κ3) is 3.04. The minimum Gasteiger partial charge on any atom is -0.353 e. The summed E-state index contributed by atoms with van der Waals surface area (Å²) in [6, 6.07) is 6.46. The fourth-order valence-corrected chi connectivity index (χ4v) is 3.61. The standard InChI is InChI=1S/C15H13N3O4S2/c19-11(16-5-6-17-12(20)8-24-15(17)23)7-18-13(21)9-3-1-2-4-10(9)14(18)22/h1-4H,5-8H2,(H,16,19). The van der Waals surface area contributed by atoms with Gasteiger partial charge in [-0.05, 0) is 12.1 Å². The van der Waals surface area contributed by atoms with Crippen molar-refractivity contribution in [3.63, 3.8) is 0 Å². The molecule has 1 saturated heterocycles. The lowest BCUT2D eigenvalue weighted by Gasteiger charge is -2.17. The molecule has 0 spiro atoms. The van der Waals surface area contributed by atoms with Gasteiger partial charge < -0.3 is 5.32 Å². The van der Waals surface area contributed by atoms with Crippen molar-refractivity contribution in [3.8, 4) is 0 Å². The van der Waals surface area contributed by atoms with Crippen molar-refractivity contribution in [2.75, 3.05) is 25.4 Å². The van der Waals surface area contributed by atoms with E-state index in [0.717, 1.165) is 4.90 Å². The van der Waals surface area contributed by atoms with Crippen LogP contribution in [0.5, 0.6) is 0 Å². The topological polar surface area (TPSA) is 86.8 Å². The van der Waals surface area contributed by atoms with Gasteiger partial charge in [0.15, 0.2) is 0 Å². The van der Waals surface area contributed by atoms with Crippen molar-refractivity contribution in [2.24, 2.45) is 0 Å². The van der Waals surface area contributed by atoms with E-state index in [2.05, 4.69) is 5.32 Å². The Balaban J connectivity index is 1.53. The molecule has 2 heterocycles. The summed E-state index contributed by atoms with van der Waals surface area (Å²) in [7, 11) is 0. The molecule has 3 rings (SSSR count). The number of nitrogens with one attached hydrogen (secondary N) is 1. The highest BCUT2D eigenvalue weighted by atomic mass is 32.2. The van der Waals surface area contributed by atoms with Gasteiger partial charge in [0.25, 0.3) is 11.8 Å². The maximum atomic E-state index is 12.2. The lowest BCUT2D eigenvalue weighted by atomic mass is 10.1. The van der Waals surface area contributed by atoms with Crippen molar-refractivity contribution in [3.05, 3.63) is 35.4 Å². The van der Waals surface area contributed by atoms with Crippen LogP contribution in [-0.4, -0.2) is 63.1 Å². The number of benzene rings is 1. The minimum absolute atomic E-state index is 0.0837. The van der Waals surface area contributed by atoms with Gasteiger partial charge >= 0.3 is 0 Å². The molecule has 0 unspecified atom stereocenters. The SMILES string of the molecule is O=C(CN1C(=O)c2ccccc2C1=O)NCCN1C(=O)CSC1=S. The van der Waals surface area contributed by atoms with E-state index in [1.54, 1.807) is 24.3 Å². The highest BCUT2D eigenvalue weighted by Crippen LogP contribution is 2.22.